The molecule has 1 N–H and O–H groups in total. The first-order valence-corrected chi connectivity index (χ1v) is 8.51. The second kappa shape index (κ2) is 6.85. The van der Waals surface area contributed by atoms with Gasteiger partial charge in [-0.15, -0.1) is 0 Å². The number of carbonyl (C=O) groups is 1. The molecule has 1 rings (SSSR count). The number of halogens is 2. The minimum atomic E-state index is -4.01. The SMILES string of the molecule is CCCC(C)(NS(=O)(=O)c1ccc(F)cc1Br)C(=O)OC. The van der Waals surface area contributed by atoms with Crippen LogP contribution in [0.2, 0.25) is 0 Å². The molecule has 0 heterocycles. The number of esters is 1. The summed E-state index contributed by atoms with van der Waals surface area (Å²) in [6.45, 7) is 3.28. The van der Waals surface area contributed by atoms with E-state index in [1.165, 1.54) is 14.0 Å². The Kier molecular flexibility index (Phi) is 5.89. The Morgan fingerprint density at radius 1 is 1.48 bits per heavy atom. The van der Waals surface area contributed by atoms with E-state index >= 15 is 0 Å². The molecule has 0 saturated heterocycles. The second-order valence-corrected chi connectivity index (χ2v) is 7.26. The Morgan fingerprint density at radius 3 is 2.57 bits per heavy atom. The van der Waals surface area contributed by atoms with Crippen molar-refractivity contribution in [2.75, 3.05) is 7.11 Å². The van der Waals surface area contributed by atoms with Crippen LogP contribution in [0.1, 0.15) is 26.7 Å². The minimum Gasteiger partial charge on any atom is -0.468 e. The van der Waals surface area contributed by atoms with E-state index in [1.54, 1.807) is 0 Å². The molecule has 118 valence electrons. The molecule has 1 aromatic rings. The number of sulfonamides is 1. The smallest absolute Gasteiger partial charge is 0.326 e. The van der Waals surface area contributed by atoms with Crippen LogP contribution in [0.25, 0.3) is 0 Å². The maximum Gasteiger partial charge on any atom is 0.326 e. The fourth-order valence-corrected chi connectivity index (χ4v) is 4.41. The number of hydrogen-bond acceptors (Lipinski definition) is 4. The Balaban J connectivity index is 3.21. The van der Waals surface area contributed by atoms with Gasteiger partial charge in [0.25, 0.3) is 0 Å². The van der Waals surface area contributed by atoms with Gasteiger partial charge in [-0.3, -0.25) is 4.79 Å². The summed E-state index contributed by atoms with van der Waals surface area (Å²) in [6.07, 6.45) is 0.858. The first-order chi connectivity index (χ1) is 9.66. The maximum absolute atomic E-state index is 13.1. The summed E-state index contributed by atoms with van der Waals surface area (Å²) in [7, 11) is -2.81. The second-order valence-electron chi connectivity index (χ2n) is 4.75. The lowest BCUT2D eigenvalue weighted by atomic mass is 9.98. The van der Waals surface area contributed by atoms with Gasteiger partial charge in [0.05, 0.1) is 12.0 Å². The summed E-state index contributed by atoms with van der Waals surface area (Å²) < 4.78 is 45.0. The third kappa shape index (κ3) is 4.24. The Bertz CT molecular complexity index is 635. The molecule has 21 heavy (non-hydrogen) atoms. The summed E-state index contributed by atoms with van der Waals surface area (Å²) in [4.78, 5) is 11.7. The van der Waals surface area contributed by atoms with Crippen molar-refractivity contribution in [3.63, 3.8) is 0 Å². The van der Waals surface area contributed by atoms with Crippen LogP contribution in [0, 0.1) is 5.82 Å². The van der Waals surface area contributed by atoms with E-state index in [4.69, 9.17) is 0 Å². The number of nitrogens with one attached hydrogen (secondary N) is 1. The fraction of sp³-hybridized carbons (Fsp3) is 0.462. The number of ether oxygens (including phenoxy) is 1. The lowest BCUT2D eigenvalue weighted by Gasteiger charge is -2.27. The maximum atomic E-state index is 13.1. The zero-order chi connectivity index (χ0) is 16.3. The van der Waals surface area contributed by atoms with Crippen LogP contribution >= 0.6 is 15.9 Å². The summed E-state index contributed by atoms with van der Waals surface area (Å²) in [5, 5.41) is 0. The molecule has 1 atom stereocenters. The van der Waals surface area contributed by atoms with Crippen molar-refractivity contribution in [2.24, 2.45) is 0 Å². The molecule has 5 nitrogen and oxygen atoms in total. The highest BCUT2D eigenvalue weighted by atomic mass is 79.9. The van der Waals surface area contributed by atoms with E-state index in [0.29, 0.717) is 6.42 Å². The lowest BCUT2D eigenvalue weighted by Crippen LogP contribution is -2.52. The zero-order valence-electron chi connectivity index (χ0n) is 11.9. The summed E-state index contributed by atoms with van der Waals surface area (Å²) in [5.41, 5.74) is -1.38. The molecule has 0 fully saturated rings. The van der Waals surface area contributed by atoms with Gasteiger partial charge in [-0.2, -0.15) is 4.72 Å². The molecule has 0 aliphatic carbocycles. The Labute approximate surface area is 132 Å². The Hall–Kier alpha value is -0.990. The average Bonchev–Trinajstić information content (AvgIpc) is 2.36. The van der Waals surface area contributed by atoms with E-state index in [-0.39, 0.29) is 15.8 Å². The van der Waals surface area contributed by atoms with Crippen LogP contribution in [0.15, 0.2) is 27.6 Å². The van der Waals surface area contributed by atoms with Gasteiger partial charge in [-0.25, -0.2) is 12.8 Å². The topological polar surface area (TPSA) is 72.5 Å². The molecule has 0 aliphatic heterocycles. The normalized spacial score (nSPS) is 14.5. The lowest BCUT2D eigenvalue weighted by molar-refractivity contribution is -0.147. The van der Waals surface area contributed by atoms with Crippen LogP contribution in [0.3, 0.4) is 0 Å². The summed E-state index contributed by atoms with van der Waals surface area (Å²) >= 11 is 3.01. The van der Waals surface area contributed by atoms with E-state index < -0.39 is 27.3 Å². The van der Waals surface area contributed by atoms with Crippen molar-refractivity contribution in [2.45, 2.75) is 37.1 Å². The minimum absolute atomic E-state index is 0.0821. The molecule has 0 aromatic heterocycles. The number of hydrogen-bond donors (Lipinski definition) is 1. The average molecular weight is 382 g/mol. The van der Waals surface area contributed by atoms with Crippen LogP contribution in [0.4, 0.5) is 4.39 Å². The quantitative estimate of drug-likeness (QED) is 0.768. The van der Waals surface area contributed by atoms with Crippen molar-refractivity contribution in [3.05, 3.63) is 28.5 Å². The molecule has 0 radical (unpaired) electrons. The highest BCUT2D eigenvalue weighted by molar-refractivity contribution is 9.10. The van der Waals surface area contributed by atoms with Crippen molar-refractivity contribution in [3.8, 4) is 0 Å². The number of rotatable bonds is 6. The molecule has 0 aliphatic rings. The molecular formula is C13H17BrFNO4S. The molecular weight excluding hydrogens is 365 g/mol. The summed E-state index contributed by atoms with van der Waals surface area (Å²) in [6, 6.07) is 3.21. The van der Waals surface area contributed by atoms with Gasteiger partial charge in [0.2, 0.25) is 10.0 Å². The van der Waals surface area contributed by atoms with Gasteiger partial charge < -0.3 is 4.74 Å². The van der Waals surface area contributed by atoms with Gasteiger partial charge in [0, 0.05) is 4.47 Å². The number of benzene rings is 1. The van der Waals surface area contributed by atoms with Crippen molar-refractivity contribution in [1.82, 2.24) is 4.72 Å². The van der Waals surface area contributed by atoms with E-state index in [2.05, 4.69) is 25.4 Å². The van der Waals surface area contributed by atoms with Crippen LogP contribution in [-0.2, 0) is 19.6 Å². The summed E-state index contributed by atoms with van der Waals surface area (Å²) in [5.74, 6) is -1.24. The zero-order valence-corrected chi connectivity index (χ0v) is 14.3. The van der Waals surface area contributed by atoms with Crippen molar-refractivity contribution >= 4 is 31.9 Å². The van der Waals surface area contributed by atoms with Crippen LogP contribution in [0.5, 0.6) is 0 Å². The molecule has 0 bridgehead atoms. The first kappa shape index (κ1) is 18.1. The largest absolute Gasteiger partial charge is 0.468 e. The highest BCUT2D eigenvalue weighted by Gasteiger charge is 2.38. The third-order valence-corrected chi connectivity index (χ3v) is 5.50. The highest BCUT2D eigenvalue weighted by Crippen LogP contribution is 2.25. The molecule has 0 spiro atoms. The van der Waals surface area contributed by atoms with Crippen molar-refractivity contribution < 1.29 is 22.3 Å². The van der Waals surface area contributed by atoms with Gasteiger partial charge in [-0.05, 0) is 47.5 Å². The van der Waals surface area contributed by atoms with E-state index in [1.807, 2.05) is 6.92 Å². The number of carbonyl (C=O) groups excluding carboxylic acids is 1. The van der Waals surface area contributed by atoms with Gasteiger partial charge in [0.15, 0.2) is 0 Å². The van der Waals surface area contributed by atoms with Gasteiger partial charge in [-0.1, -0.05) is 13.3 Å². The molecule has 0 saturated carbocycles. The molecule has 1 unspecified atom stereocenters. The predicted octanol–water partition coefficient (Wildman–Crippen LogP) is 2.60. The van der Waals surface area contributed by atoms with Gasteiger partial charge >= 0.3 is 5.97 Å². The molecule has 0 amide bonds. The number of methoxy groups -OCH3 is 1. The van der Waals surface area contributed by atoms with E-state index in [0.717, 1.165) is 18.2 Å². The monoisotopic (exact) mass is 381 g/mol. The van der Waals surface area contributed by atoms with Gasteiger partial charge in [0.1, 0.15) is 11.4 Å². The fourth-order valence-electron chi connectivity index (χ4n) is 1.96. The standard InChI is InChI=1S/C13H17BrFNO4S/c1-4-7-13(2,12(17)20-3)16-21(18,19)11-6-5-9(15)8-10(11)14/h5-6,8,16H,4,7H2,1-3H3. The van der Waals surface area contributed by atoms with Crippen LogP contribution < -0.4 is 4.72 Å². The third-order valence-electron chi connectivity index (χ3n) is 2.93. The van der Waals surface area contributed by atoms with Crippen LogP contribution in [-0.4, -0.2) is 27.0 Å². The van der Waals surface area contributed by atoms with E-state index in [9.17, 15) is 17.6 Å². The molecule has 8 heteroatoms. The van der Waals surface area contributed by atoms with Crippen molar-refractivity contribution in [1.29, 1.82) is 0 Å². The first-order valence-electron chi connectivity index (χ1n) is 6.23. The molecule has 1 aromatic carbocycles. The predicted molar refractivity (Wildman–Crippen MR) is 79.8 cm³/mol. The Morgan fingerprint density at radius 2 is 2.10 bits per heavy atom.